The van der Waals surface area contributed by atoms with Crippen molar-refractivity contribution in [1.82, 2.24) is 10.4 Å². The monoisotopic (exact) mass is 424 g/mol. The molecular weight excluding hydrogens is 392 g/mol. The Morgan fingerprint density at radius 1 is 0.968 bits per heavy atom. The minimum atomic E-state index is -0.360. The molecule has 2 aromatic carbocycles. The predicted molar refractivity (Wildman–Crippen MR) is 120 cm³/mol. The van der Waals surface area contributed by atoms with Crippen LogP contribution in [0.15, 0.2) is 48.5 Å². The molecule has 6 heteroatoms. The van der Waals surface area contributed by atoms with Crippen LogP contribution in [-0.4, -0.2) is 48.5 Å². The summed E-state index contributed by atoms with van der Waals surface area (Å²) in [6, 6.07) is 16.3. The Morgan fingerprint density at radius 3 is 2.19 bits per heavy atom. The van der Waals surface area contributed by atoms with E-state index in [0.29, 0.717) is 12.8 Å². The van der Waals surface area contributed by atoms with Crippen molar-refractivity contribution in [2.45, 2.75) is 44.6 Å². The molecule has 166 valence electrons. The Morgan fingerprint density at radius 2 is 1.58 bits per heavy atom. The number of Topliss-reactive ketones (excluding diaryl/α,β-unsaturated/α-hetero) is 1. The lowest BCUT2D eigenvalue weighted by atomic mass is 9.98. The topological polar surface area (TPSA) is 78.9 Å². The van der Waals surface area contributed by atoms with Gasteiger partial charge >= 0.3 is 0 Å². The van der Waals surface area contributed by atoms with Gasteiger partial charge in [0.05, 0.1) is 12.7 Å². The van der Waals surface area contributed by atoms with Gasteiger partial charge in [0.2, 0.25) is 5.91 Å². The molecule has 1 atom stereocenters. The van der Waals surface area contributed by atoms with E-state index in [4.69, 9.17) is 9.94 Å². The first kappa shape index (κ1) is 23.1. The van der Waals surface area contributed by atoms with Crippen LogP contribution in [0.1, 0.15) is 60.6 Å². The number of hydrogen-bond acceptors (Lipinski definition) is 5. The van der Waals surface area contributed by atoms with E-state index in [0.717, 1.165) is 62.1 Å². The van der Waals surface area contributed by atoms with Gasteiger partial charge in [-0.05, 0) is 36.6 Å². The molecule has 2 aromatic rings. The van der Waals surface area contributed by atoms with E-state index in [1.165, 1.54) is 5.56 Å². The molecule has 1 heterocycles. The van der Waals surface area contributed by atoms with Gasteiger partial charge in [-0.2, -0.15) is 0 Å². The molecule has 0 aliphatic carbocycles. The lowest BCUT2D eigenvalue weighted by Crippen LogP contribution is -2.35. The van der Waals surface area contributed by atoms with Crippen molar-refractivity contribution in [2.75, 3.05) is 26.7 Å². The van der Waals surface area contributed by atoms with E-state index < -0.39 is 0 Å². The third kappa shape index (κ3) is 6.99. The maximum Gasteiger partial charge on any atom is 0.243 e. The molecule has 3 rings (SSSR count). The van der Waals surface area contributed by atoms with Gasteiger partial charge in [0.15, 0.2) is 5.78 Å². The largest absolute Gasteiger partial charge is 0.371 e. The normalized spacial score (nSPS) is 16.8. The fourth-order valence-electron chi connectivity index (χ4n) is 3.84. The van der Waals surface area contributed by atoms with Crippen molar-refractivity contribution < 1.29 is 19.5 Å². The van der Waals surface area contributed by atoms with E-state index >= 15 is 0 Å². The van der Waals surface area contributed by atoms with E-state index in [2.05, 4.69) is 36.2 Å². The van der Waals surface area contributed by atoms with Gasteiger partial charge in [0, 0.05) is 31.5 Å². The highest BCUT2D eigenvalue weighted by Crippen LogP contribution is 2.26. The summed E-state index contributed by atoms with van der Waals surface area (Å²) in [4.78, 5) is 25.6. The van der Waals surface area contributed by atoms with Crippen LogP contribution >= 0.6 is 0 Å². The number of carbonyl (C=O) groups is 2. The summed E-state index contributed by atoms with van der Waals surface area (Å²) in [6.45, 7) is 2.65. The average molecular weight is 425 g/mol. The second-order valence-corrected chi connectivity index (χ2v) is 8.19. The Labute approximate surface area is 184 Å². The van der Waals surface area contributed by atoms with Gasteiger partial charge in [-0.25, -0.2) is 5.48 Å². The van der Waals surface area contributed by atoms with Crippen molar-refractivity contribution in [2.24, 2.45) is 0 Å². The molecule has 0 radical (unpaired) electrons. The predicted octanol–water partition coefficient (Wildman–Crippen LogP) is 4.39. The average Bonchev–Trinajstić information content (AvgIpc) is 2.81. The summed E-state index contributed by atoms with van der Waals surface area (Å²) in [5, 5.41) is 8.45. The van der Waals surface area contributed by atoms with Crippen LogP contribution in [0.25, 0.3) is 11.1 Å². The molecule has 0 bridgehead atoms. The third-order valence-electron chi connectivity index (χ3n) is 5.77. The van der Waals surface area contributed by atoms with Gasteiger partial charge in [-0.3, -0.25) is 14.8 Å². The van der Waals surface area contributed by atoms with Crippen LogP contribution in [0.2, 0.25) is 0 Å². The SMILES string of the molecule is CN1CCOC(c2ccc(-c3ccc(C(=O)CCCCCCC(=O)NO)cc3)cc2)C1. The zero-order valence-electron chi connectivity index (χ0n) is 18.2. The quantitative estimate of drug-likeness (QED) is 0.256. The lowest BCUT2D eigenvalue weighted by Gasteiger charge is -2.30. The minimum Gasteiger partial charge on any atom is -0.371 e. The Balaban J connectivity index is 1.47. The molecular formula is C25H32N2O4. The van der Waals surface area contributed by atoms with Crippen molar-refractivity contribution in [1.29, 1.82) is 0 Å². The first-order chi connectivity index (χ1) is 15.1. The fraction of sp³-hybridized carbons (Fsp3) is 0.440. The van der Waals surface area contributed by atoms with Gasteiger partial charge in [0.1, 0.15) is 0 Å². The number of likely N-dealkylation sites (N-methyl/N-ethyl adjacent to an activating group) is 1. The summed E-state index contributed by atoms with van der Waals surface area (Å²) < 4.78 is 5.88. The maximum absolute atomic E-state index is 12.4. The number of unbranched alkanes of at least 4 members (excludes halogenated alkanes) is 3. The summed E-state index contributed by atoms with van der Waals surface area (Å²) in [7, 11) is 2.12. The second kappa shape index (κ2) is 11.7. The van der Waals surface area contributed by atoms with Crippen LogP contribution in [0.4, 0.5) is 0 Å². The van der Waals surface area contributed by atoms with Gasteiger partial charge < -0.3 is 9.64 Å². The zero-order valence-corrected chi connectivity index (χ0v) is 18.2. The molecule has 2 N–H and O–H groups in total. The van der Waals surface area contributed by atoms with Gasteiger partial charge in [-0.1, -0.05) is 61.4 Å². The summed E-state index contributed by atoms with van der Waals surface area (Å²) in [5.41, 5.74) is 5.77. The minimum absolute atomic E-state index is 0.125. The van der Waals surface area contributed by atoms with E-state index in [-0.39, 0.29) is 17.8 Å². The van der Waals surface area contributed by atoms with Crippen LogP contribution in [0.5, 0.6) is 0 Å². The molecule has 0 saturated carbocycles. The van der Waals surface area contributed by atoms with Crippen LogP contribution in [-0.2, 0) is 9.53 Å². The highest BCUT2D eigenvalue weighted by atomic mass is 16.5. The summed E-state index contributed by atoms with van der Waals surface area (Å²) in [6.07, 6.45) is 4.25. The molecule has 0 spiro atoms. The molecule has 1 amide bonds. The second-order valence-electron chi connectivity index (χ2n) is 8.19. The van der Waals surface area contributed by atoms with Crippen molar-refractivity contribution >= 4 is 11.7 Å². The molecule has 1 unspecified atom stereocenters. The number of hydrogen-bond donors (Lipinski definition) is 2. The van der Waals surface area contributed by atoms with Crippen LogP contribution in [0.3, 0.4) is 0 Å². The highest BCUT2D eigenvalue weighted by molar-refractivity contribution is 5.96. The Kier molecular flexibility index (Phi) is 8.76. The maximum atomic E-state index is 12.4. The molecule has 1 aliphatic heterocycles. The fourth-order valence-corrected chi connectivity index (χ4v) is 3.84. The van der Waals surface area contributed by atoms with E-state index in [1.54, 1.807) is 5.48 Å². The summed E-state index contributed by atoms with van der Waals surface area (Å²) >= 11 is 0. The van der Waals surface area contributed by atoms with Crippen molar-refractivity contribution in [3.8, 4) is 11.1 Å². The van der Waals surface area contributed by atoms with Crippen molar-refractivity contribution in [3.05, 3.63) is 59.7 Å². The number of hydroxylamine groups is 1. The first-order valence-electron chi connectivity index (χ1n) is 11.0. The standard InChI is InChI=1S/C25H32N2O4/c1-27-16-17-31-24(18-27)22-14-10-20(11-15-22)19-8-12-21(13-9-19)23(28)6-4-2-3-5-7-25(29)26-30/h8-15,24,30H,2-7,16-18H2,1H3,(H,26,29). The number of nitrogens with zero attached hydrogens (tertiary/aromatic N) is 1. The molecule has 1 saturated heterocycles. The van der Waals surface area contributed by atoms with Gasteiger partial charge in [-0.15, -0.1) is 0 Å². The molecule has 0 aromatic heterocycles. The van der Waals surface area contributed by atoms with E-state index in [9.17, 15) is 9.59 Å². The van der Waals surface area contributed by atoms with Crippen LogP contribution in [0, 0.1) is 0 Å². The first-order valence-corrected chi connectivity index (χ1v) is 11.0. The molecule has 1 aliphatic rings. The zero-order chi connectivity index (χ0) is 22.1. The number of benzene rings is 2. The number of carbonyl (C=O) groups excluding carboxylic acids is 2. The van der Waals surface area contributed by atoms with E-state index in [1.807, 2.05) is 24.3 Å². The van der Waals surface area contributed by atoms with Gasteiger partial charge in [0.25, 0.3) is 0 Å². The summed E-state index contributed by atoms with van der Waals surface area (Å²) in [5.74, 6) is -0.214. The number of morpholine rings is 1. The number of ether oxygens (including phenoxy) is 1. The smallest absolute Gasteiger partial charge is 0.243 e. The highest BCUT2D eigenvalue weighted by Gasteiger charge is 2.19. The Bertz CT molecular complexity index is 849. The molecule has 31 heavy (non-hydrogen) atoms. The third-order valence-corrected chi connectivity index (χ3v) is 5.77. The number of amides is 1. The molecule has 6 nitrogen and oxygen atoms in total. The molecule has 1 fully saturated rings. The lowest BCUT2D eigenvalue weighted by molar-refractivity contribution is -0.129. The van der Waals surface area contributed by atoms with Crippen molar-refractivity contribution in [3.63, 3.8) is 0 Å². The number of nitrogens with one attached hydrogen (secondary N) is 1. The number of ketones is 1. The van der Waals surface area contributed by atoms with Crippen LogP contribution < -0.4 is 5.48 Å². The number of rotatable bonds is 10. The Hall–Kier alpha value is -2.54.